The smallest absolute Gasteiger partial charge is 0.333 e. The molecule has 2 unspecified atom stereocenters. The number of rotatable bonds is 15. The minimum Gasteiger partial charge on any atom is -0.491 e. The summed E-state index contributed by atoms with van der Waals surface area (Å²) < 4.78 is 18.0. The van der Waals surface area contributed by atoms with Gasteiger partial charge in [-0.15, -0.1) is 0 Å². The Hall–Kier alpha value is -4.19. The number of ether oxygens (including phenoxy) is 3. The number of unbranched alkanes of at least 4 members (excludes halogenated alkanes) is 1. The zero-order valence-corrected chi connectivity index (χ0v) is 25.7. The lowest BCUT2D eigenvalue weighted by Crippen LogP contribution is -2.26. The van der Waals surface area contributed by atoms with Crippen molar-refractivity contribution in [2.75, 3.05) is 19.8 Å². The highest BCUT2D eigenvalue weighted by molar-refractivity contribution is 5.77. The number of carbonyl (C=O) groups is 1. The zero-order chi connectivity index (χ0) is 30.7. The molecule has 0 bridgehead atoms. The fourth-order valence-corrected chi connectivity index (χ4v) is 5.70. The maximum absolute atomic E-state index is 11.4. The van der Waals surface area contributed by atoms with Crippen molar-refractivity contribution in [3.8, 4) is 5.75 Å². The number of hydrogen-bond acceptors (Lipinski definition) is 4. The second kappa shape index (κ2) is 15.5. The molecule has 2 atom stereocenters. The van der Waals surface area contributed by atoms with Gasteiger partial charge in [-0.25, -0.2) is 4.79 Å². The maximum Gasteiger partial charge on any atom is 0.333 e. The van der Waals surface area contributed by atoms with Crippen LogP contribution >= 0.6 is 0 Å². The monoisotopic (exact) mass is 590 g/mol. The van der Waals surface area contributed by atoms with Gasteiger partial charge >= 0.3 is 5.97 Å². The molecule has 0 saturated heterocycles. The fourth-order valence-electron chi connectivity index (χ4n) is 5.70. The predicted octanol–water partition coefficient (Wildman–Crippen LogP) is 8.32. The summed E-state index contributed by atoms with van der Waals surface area (Å²) in [7, 11) is 0. The van der Waals surface area contributed by atoms with Crippen molar-refractivity contribution in [3.63, 3.8) is 0 Å². The molecule has 5 heteroatoms. The molecule has 1 aliphatic carbocycles. The summed E-state index contributed by atoms with van der Waals surface area (Å²) in [6.45, 7) is 5.20. The van der Waals surface area contributed by atoms with E-state index in [0.717, 1.165) is 29.7 Å². The minimum absolute atomic E-state index is 0.210. The van der Waals surface area contributed by atoms with E-state index in [1.807, 2.05) is 24.3 Å². The first-order valence-corrected chi connectivity index (χ1v) is 15.7. The fraction of sp³-hybridized carbons (Fsp3) is 0.308. The average Bonchev–Trinajstić information content (AvgIpc) is 3.19. The molecule has 4 aromatic rings. The zero-order valence-electron chi connectivity index (χ0n) is 25.7. The summed E-state index contributed by atoms with van der Waals surface area (Å²) in [5.74, 6) is -0.235. The first-order chi connectivity index (χ1) is 21.5. The molecule has 0 spiro atoms. The number of aryl methyl sites for hydroxylation is 1. The molecule has 5 nitrogen and oxygen atoms in total. The summed E-state index contributed by atoms with van der Waals surface area (Å²) in [5.41, 5.74) is 9.52. The molecule has 4 aromatic carbocycles. The second-order valence-electron chi connectivity index (χ2n) is 11.3. The Labute approximate surface area is 261 Å². The van der Waals surface area contributed by atoms with Crippen LogP contribution in [0, 0.1) is 0 Å². The quantitative estimate of drug-likeness (QED) is 0.141. The minimum atomic E-state index is -0.953. The lowest BCUT2D eigenvalue weighted by atomic mass is 9.92. The van der Waals surface area contributed by atoms with E-state index in [1.165, 1.54) is 46.2 Å². The van der Waals surface area contributed by atoms with Crippen molar-refractivity contribution in [3.05, 3.63) is 136 Å². The lowest BCUT2D eigenvalue weighted by molar-refractivity contribution is -0.149. The van der Waals surface area contributed by atoms with Crippen molar-refractivity contribution in [1.29, 1.82) is 0 Å². The molecule has 0 saturated carbocycles. The van der Waals surface area contributed by atoms with E-state index in [0.29, 0.717) is 26.2 Å². The number of benzene rings is 4. The van der Waals surface area contributed by atoms with Crippen LogP contribution in [0.1, 0.15) is 77.3 Å². The molecule has 0 radical (unpaired) electrons. The molecular weight excluding hydrogens is 548 g/mol. The van der Waals surface area contributed by atoms with E-state index < -0.39 is 12.1 Å². The highest BCUT2D eigenvalue weighted by atomic mass is 16.5. The SMILES string of the molecule is CCCCc1ccc2c(c1)C=Cc1cc(Cc3ccccc3)ccc1C2OCCOc1ccc(CC(OCC)C(=O)O)cc1. The molecule has 0 aromatic heterocycles. The van der Waals surface area contributed by atoms with Gasteiger partial charge < -0.3 is 19.3 Å². The molecule has 0 fully saturated rings. The predicted molar refractivity (Wildman–Crippen MR) is 176 cm³/mol. The maximum atomic E-state index is 11.4. The molecule has 0 aliphatic heterocycles. The van der Waals surface area contributed by atoms with Crippen molar-refractivity contribution in [1.82, 2.24) is 0 Å². The number of aliphatic carboxylic acids is 1. The molecular formula is C39H42O5. The summed E-state index contributed by atoms with van der Waals surface area (Å²) in [6, 6.07) is 31.6. The lowest BCUT2D eigenvalue weighted by Gasteiger charge is -2.22. The summed E-state index contributed by atoms with van der Waals surface area (Å²) in [4.78, 5) is 11.4. The van der Waals surface area contributed by atoms with Crippen LogP contribution in [-0.4, -0.2) is 37.0 Å². The number of hydrogen-bond donors (Lipinski definition) is 1. The van der Waals surface area contributed by atoms with Gasteiger partial charge in [0.25, 0.3) is 0 Å². The van der Waals surface area contributed by atoms with Gasteiger partial charge in [-0.2, -0.15) is 0 Å². The van der Waals surface area contributed by atoms with Crippen molar-refractivity contribution in [2.24, 2.45) is 0 Å². The first kappa shape index (κ1) is 31.2. The summed E-state index contributed by atoms with van der Waals surface area (Å²) in [6.07, 6.45) is 8.03. The van der Waals surface area contributed by atoms with Gasteiger partial charge in [-0.1, -0.05) is 104 Å². The van der Waals surface area contributed by atoms with Gasteiger partial charge in [0, 0.05) is 13.0 Å². The second-order valence-corrected chi connectivity index (χ2v) is 11.3. The van der Waals surface area contributed by atoms with Crippen molar-refractivity contribution in [2.45, 2.75) is 58.2 Å². The van der Waals surface area contributed by atoms with Crippen LogP contribution in [0.3, 0.4) is 0 Å². The number of fused-ring (bicyclic) bond motifs is 2. The molecule has 1 N–H and O–H groups in total. The van der Waals surface area contributed by atoms with E-state index >= 15 is 0 Å². The van der Waals surface area contributed by atoms with E-state index in [-0.39, 0.29) is 6.10 Å². The van der Waals surface area contributed by atoms with Crippen LogP contribution in [-0.2, 0) is 33.5 Å². The number of carboxylic acid groups (broad SMARTS) is 1. The van der Waals surface area contributed by atoms with E-state index in [9.17, 15) is 9.90 Å². The van der Waals surface area contributed by atoms with Crippen LogP contribution in [0.2, 0.25) is 0 Å². The Morgan fingerprint density at radius 3 is 2.09 bits per heavy atom. The molecule has 1 aliphatic rings. The van der Waals surface area contributed by atoms with Gasteiger partial charge in [0.2, 0.25) is 0 Å². The Morgan fingerprint density at radius 1 is 0.773 bits per heavy atom. The summed E-state index contributed by atoms with van der Waals surface area (Å²) >= 11 is 0. The highest BCUT2D eigenvalue weighted by Crippen LogP contribution is 2.37. The first-order valence-electron chi connectivity index (χ1n) is 15.7. The van der Waals surface area contributed by atoms with Crippen molar-refractivity contribution < 1.29 is 24.1 Å². The topological polar surface area (TPSA) is 65.0 Å². The molecule has 44 heavy (non-hydrogen) atoms. The van der Waals surface area contributed by atoms with Gasteiger partial charge in [0.05, 0.1) is 6.61 Å². The Bertz CT molecular complexity index is 1540. The third-order valence-electron chi connectivity index (χ3n) is 8.00. The average molecular weight is 591 g/mol. The van der Waals surface area contributed by atoms with E-state index in [4.69, 9.17) is 14.2 Å². The standard InChI is InChI=1S/C39H42O5/c1-3-5-9-29-14-20-35-32(25-29)16-17-33-26-31(24-28-10-7-6-8-11-28)15-21-36(33)38(35)44-23-22-43-34-18-12-30(13-19-34)27-37(39(40)41)42-4-2/h6-8,10-21,25-26,37-38H,3-5,9,22-24,27H2,1-2H3,(H,40,41). The molecule has 228 valence electrons. The number of carboxylic acids is 1. The van der Waals surface area contributed by atoms with Crippen LogP contribution in [0.25, 0.3) is 12.2 Å². The molecule has 0 amide bonds. The van der Waals surface area contributed by atoms with E-state index in [2.05, 4.69) is 85.8 Å². The highest BCUT2D eigenvalue weighted by Gasteiger charge is 2.23. The van der Waals surface area contributed by atoms with Crippen molar-refractivity contribution >= 4 is 18.1 Å². The van der Waals surface area contributed by atoms with Gasteiger partial charge in [0.1, 0.15) is 18.5 Å². The van der Waals surface area contributed by atoms with Gasteiger partial charge in [-0.3, -0.25) is 0 Å². The van der Waals surface area contributed by atoms with Crippen LogP contribution < -0.4 is 4.74 Å². The third kappa shape index (κ3) is 8.25. The van der Waals surface area contributed by atoms with Crippen LogP contribution in [0.4, 0.5) is 0 Å². The summed E-state index contributed by atoms with van der Waals surface area (Å²) in [5, 5.41) is 9.36. The van der Waals surface area contributed by atoms with Gasteiger partial charge in [0.15, 0.2) is 6.10 Å². The molecule has 5 rings (SSSR count). The van der Waals surface area contributed by atoms with Crippen LogP contribution in [0.15, 0.2) is 91.0 Å². The van der Waals surface area contributed by atoms with E-state index in [1.54, 1.807) is 6.92 Å². The van der Waals surface area contributed by atoms with Crippen LogP contribution in [0.5, 0.6) is 5.75 Å². The van der Waals surface area contributed by atoms with Gasteiger partial charge in [-0.05, 0) is 82.8 Å². The Kier molecular flexibility index (Phi) is 11.0. The third-order valence-corrected chi connectivity index (χ3v) is 8.00. The molecule has 0 heterocycles. The largest absolute Gasteiger partial charge is 0.491 e. The Balaban J connectivity index is 1.29. The Morgan fingerprint density at radius 2 is 1.43 bits per heavy atom. The normalized spacial score (nSPS) is 14.4.